The second-order valence-electron chi connectivity index (χ2n) is 2.50. The van der Waals surface area contributed by atoms with E-state index in [1.54, 1.807) is 0 Å². The van der Waals surface area contributed by atoms with E-state index in [9.17, 15) is 4.79 Å². The minimum absolute atomic E-state index is 0.124. The van der Waals surface area contributed by atoms with Crippen LogP contribution in [0.4, 0.5) is 0 Å². The molecule has 0 spiro atoms. The molecular weight excluding hydrogens is 144 g/mol. The summed E-state index contributed by atoms with van der Waals surface area (Å²) in [6.45, 7) is 3.77. The fourth-order valence-electron chi connectivity index (χ4n) is 0.661. The number of oxazole rings is 1. The lowest BCUT2D eigenvalue weighted by molar-refractivity contribution is 0.0938. The average molecular weight is 154 g/mol. The van der Waals surface area contributed by atoms with Crippen LogP contribution in [0.5, 0.6) is 0 Å². The van der Waals surface area contributed by atoms with E-state index in [-0.39, 0.29) is 11.9 Å². The van der Waals surface area contributed by atoms with Gasteiger partial charge in [0.25, 0.3) is 5.91 Å². The van der Waals surface area contributed by atoms with Crippen molar-refractivity contribution in [2.45, 2.75) is 19.9 Å². The molecule has 1 N–H and O–H groups in total. The van der Waals surface area contributed by atoms with Gasteiger partial charge in [-0.3, -0.25) is 4.79 Å². The maximum atomic E-state index is 11.1. The molecule has 0 unspecified atom stereocenters. The summed E-state index contributed by atoms with van der Waals surface area (Å²) in [6.07, 6.45) is 2.55. The van der Waals surface area contributed by atoms with E-state index in [0.717, 1.165) is 0 Å². The molecule has 0 radical (unpaired) electrons. The molecule has 0 saturated heterocycles. The van der Waals surface area contributed by atoms with Crippen LogP contribution in [-0.4, -0.2) is 16.9 Å². The molecular formula is C7H10N2O2. The summed E-state index contributed by atoms with van der Waals surface area (Å²) in [6, 6.07) is 0.124. The molecule has 11 heavy (non-hydrogen) atoms. The minimum Gasteiger partial charge on any atom is -0.451 e. The summed E-state index contributed by atoms with van der Waals surface area (Å²) in [4.78, 5) is 14.8. The number of carbonyl (C=O) groups is 1. The van der Waals surface area contributed by atoms with Gasteiger partial charge in [-0.25, -0.2) is 4.98 Å². The molecule has 1 aromatic rings. The maximum absolute atomic E-state index is 11.1. The van der Waals surface area contributed by atoms with Gasteiger partial charge in [0.1, 0.15) is 6.26 Å². The molecule has 60 valence electrons. The van der Waals surface area contributed by atoms with Gasteiger partial charge in [0, 0.05) is 6.04 Å². The topological polar surface area (TPSA) is 55.1 Å². The zero-order valence-corrected chi connectivity index (χ0v) is 6.50. The van der Waals surface area contributed by atoms with Gasteiger partial charge in [0.05, 0.1) is 0 Å². The van der Waals surface area contributed by atoms with E-state index < -0.39 is 0 Å². The first-order valence-corrected chi connectivity index (χ1v) is 3.39. The van der Waals surface area contributed by atoms with Crippen LogP contribution in [0.2, 0.25) is 0 Å². The molecule has 0 aliphatic carbocycles. The number of hydrogen-bond acceptors (Lipinski definition) is 3. The normalized spacial score (nSPS) is 10.1. The Kier molecular flexibility index (Phi) is 2.25. The Morgan fingerprint density at radius 3 is 2.91 bits per heavy atom. The lowest BCUT2D eigenvalue weighted by atomic mass is 10.3. The van der Waals surface area contributed by atoms with E-state index in [1.807, 2.05) is 13.8 Å². The Morgan fingerprint density at radius 2 is 2.45 bits per heavy atom. The summed E-state index contributed by atoms with van der Waals surface area (Å²) in [5.41, 5.74) is 0.318. The van der Waals surface area contributed by atoms with E-state index in [4.69, 9.17) is 0 Å². The molecule has 0 saturated carbocycles. The Bertz CT molecular complexity index is 229. The lowest BCUT2D eigenvalue weighted by Crippen LogP contribution is -2.30. The maximum Gasteiger partial charge on any atom is 0.273 e. The van der Waals surface area contributed by atoms with Gasteiger partial charge in [-0.2, -0.15) is 0 Å². The number of nitrogens with zero attached hydrogens (tertiary/aromatic N) is 1. The van der Waals surface area contributed by atoms with Gasteiger partial charge in [-0.05, 0) is 13.8 Å². The summed E-state index contributed by atoms with van der Waals surface area (Å²) < 4.78 is 4.65. The highest BCUT2D eigenvalue weighted by Gasteiger charge is 2.08. The molecule has 4 heteroatoms. The summed E-state index contributed by atoms with van der Waals surface area (Å²) >= 11 is 0. The third-order valence-electron chi connectivity index (χ3n) is 1.08. The van der Waals surface area contributed by atoms with E-state index in [2.05, 4.69) is 14.7 Å². The van der Waals surface area contributed by atoms with Crippen molar-refractivity contribution in [2.75, 3.05) is 0 Å². The zero-order valence-electron chi connectivity index (χ0n) is 6.50. The summed E-state index contributed by atoms with van der Waals surface area (Å²) in [7, 11) is 0. The molecule has 0 aromatic carbocycles. The van der Waals surface area contributed by atoms with Gasteiger partial charge in [-0.1, -0.05) is 0 Å². The van der Waals surface area contributed by atoms with Crippen LogP contribution < -0.4 is 5.32 Å². The Morgan fingerprint density at radius 1 is 1.73 bits per heavy atom. The van der Waals surface area contributed by atoms with Crippen molar-refractivity contribution < 1.29 is 9.21 Å². The van der Waals surface area contributed by atoms with Gasteiger partial charge >= 0.3 is 0 Å². The van der Waals surface area contributed by atoms with Crippen LogP contribution >= 0.6 is 0 Å². The predicted octanol–water partition coefficient (Wildman–Crippen LogP) is 0.813. The number of carbonyl (C=O) groups excluding carboxylic acids is 1. The molecule has 0 aliphatic heterocycles. The van der Waals surface area contributed by atoms with Crippen LogP contribution in [0.25, 0.3) is 0 Å². The van der Waals surface area contributed by atoms with Crippen LogP contribution in [0, 0.1) is 0 Å². The van der Waals surface area contributed by atoms with Gasteiger partial charge < -0.3 is 9.73 Å². The molecule has 1 aromatic heterocycles. The zero-order chi connectivity index (χ0) is 8.27. The fourth-order valence-corrected chi connectivity index (χ4v) is 0.661. The van der Waals surface area contributed by atoms with Gasteiger partial charge in [0.2, 0.25) is 0 Å². The standard InChI is InChI=1S/C7H10N2O2/c1-5(2)9-7(10)6-3-11-4-8-6/h3-5H,1-2H3,(H,9,10). The molecule has 1 heterocycles. The number of rotatable bonds is 2. The number of amides is 1. The first-order chi connectivity index (χ1) is 5.20. The first-order valence-electron chi connectivity index (χ1n) is 3.39. The van der Waals surface area contributed by atoms with Gasteiger partial charge in [-0.15, -0.1) is 0 Å². The Balaban J connectivity index is 2.57. The van der Waals surface area contributed by atoms with Crippen LogP contribution in [-0.2, 0) is 0 Å². The highest BCUT2D eigenvalue weighted by Crippen LogP contribution is 1.94. The average Bonchev–Trinajstić information content (AvgIpc) is 2.35. The summed E-state index contributed by atoms with van der Waals surface area (Å²) in [5, 5.41) is 2.68. The van der Waals surface area contributed by atoms with Crippen molar-refractivity contribution in [2.24, 2.45) is 0 Å². The highest BCUT2D eigenvalue weighted by atomic mass is 16.3. The van der Waals surface area contributed by atoms with Crippen LogP contribution in [0.15, 0.2) is 17.1 Å². The molecule has 0 atom stereocenters. The SMILES string of the molecule is CC(C)NC(=O)c1cocn1. The third-order valence-corrected chi connectivity index (χ3v) is 1.08. The quantitative estimate of drug-likeness (QED) is 0.685. The van der Waals surface area contributed by atoms with Crippen molar-refractivity contribution in [1.29, 1.82) is 0 Å². The second-order valence-corrected chi connectivity index (χ2v) is 2.50. The van der Waals surface area contributed by atoms with E-state index >= 15 is 0 Å². The largest absolute Gasteiger partial charge is 0.451 e. The molecule has 4 nitrogen and oxygen atoms in total. The number of aromatic nitrogens is 1. The lowest BCUT2D eigenvalue weighted by Gasteiger charge is -2.04. The molecule has 1 amide bonds. The first kappa shape index (κ1) is 7.78. The van der Waals surface area contributed by atoms with Gasteiger partial charge in [0.15, 0.2) is 12.1 Å². The predicted molar refractivity (Wildman–Crippen MR) is 39.1 cm³/mol. The second kappa shape index (κ2) is 3.18. The fraction of sp³-hybridized carbons (Fsp3) is 0.429. The van der Waals surface area contributed by atoms with E-state index in [1.165, 1.54) is 12.7 Å². The smallest absolute Gasteiger partial charge is 0.273 e. The molecule has 0 aliphatic rings. The monoisotopic (exact) mass is 154 g/mol. The molecule has 0 fully saturated rings. The third kappa shape index (κ3) is 2.07. The van der Waals surface area contributed by atoms with Crippen LogP contribution in [0.3, 0.4) is 0 Å². The van der Waals surface area contributed by atoms with E-state index in [0.29, 0.717) is 5.69 Å². The molecule has 1 rings (SSSR count). The Labute approximate surface area is 64.6 Å². The summed E-state index contributed by atoms with van der Waals surface area (Å²) in [5.74, 6) is -0.200. The number of nitrogens with one attached hydrogen (secondary N) is 1. The van der Waals surface area contributed by atoms with Crippen molar-refractivity contribution in [3.8, 4) is 0 Å². The van der Waals surface area contributed by atoms with Crippen molar-refractivity contribution >= 4 is 5.91 Å². The van der Waals surface area contributed by atoms with Crippen molar-refractivity contribution in [3.63, 3.8) is 0 Å². The molecule has 0 bridgehead atoms. The minimum atomic E-state index is -0.200. The van der Waals surface area contributed by atoms with Crippen molar-refractivity contribution in [3.05, 3.63) is 18.4 Å². The number of hydrogen-bond donors (Lipinski definition) is 1. The van der Waals surface area contributed by atoms with Crippen molar-refractivity contribution in [1.82, 2.24) is 10.3 Å². The van der Waals surface area contributed by atoms with Crippen LogP contribution in [0.1, 0.15) is 24.3 Å². The highest BCUT2D eigenvalue weighted by molar-refractivity contribution is 5.91. The Hall–Kier alpha value is -1.32.